The minimum absolute atomic E-state index is 0.272. The predicted octanol–water partition coefficient (Wildman–Crippen LogP) is 4.02. The molecule has 92 valence electrons. The van der Waals surface area contributed by atoms with Gasteiger partial charge in [-0.2, -0.15) is 0 Å². The van der Waals surface area contributed by atoms with Crippen molar-refractivity contribution < 1.29 is 9.53 Å². The van der Waals surface area contributed by atoms with Gasteiger partial charge in [-0.25, -0.2) is 4.79 Å². The van der Waals surface area contributed by atoms with Gasteiger partial charge < -0.3 is 4.74 Å². The van der Waals surface area contributed by atoms with Gasteiger partial charge in [0.2, 0.25) is 0 Å². The molecule has 0 saturated heterocycles. The van der Waals surface area contributed by atoms with Gasteiger partial charge in [0, 0.05) is 5.57 Å². The number of unbranched alkanes of at least 4 members (excludes halogenated alkanes) is 6. The summed E-state index contributed by atoms with van der Waals surface area (Å²) in [5.74, 6) is -0.272. The van der Waals surface area contributed by atoms with Crippen molar-refractivity contribution in [1.29, 1.82) is 0 Å². The highest BCUT2D eigenvalue weighted by Crippen LogP contribution is 2.07. The van der Waals surface area contributed by atoms with Gasteiger partial charge >= 0.3 is 5.97 Å². The van der Waals surface area contributed by atoms with Crippen LogP contribution in [0.2, 0.25) is 0 Å². The van der Waals surface area contributed by atoms with Crippen LogP contribution in [0.15, 0.2) is 24.8 Å². The van der Waals surface area contributed by atoms with Crippen molar-refractivity contribution in [1.82, 2.24) is 0 Å². The molecular weight excluding hydrogens is 200 g/mol. The summed E-state index contributed by atoms with van der Waals surface area (Å²) in [5, 5.41) is 0. The summed E-state index contributed by atoms with van der Waals surface area (Å²) >= 11 is 0. The second kappa shape index (κ2) is 10.5. The first-order valence-electron chi connectivity index (χ1n) is 6.12. The van der Waals surface area contributed by atoms with E-state index in [4.69, 9.17) is 4.74 Å². The fraction of sp³-hybridized carbons (Fsp3) is 0.643. The lowest BCUT2D eigenvalue weighted by Crippen LogP contribution is -2.05. The van der Waals surface area contributed by atoms with Crippen molar-refractivity contribution >= 4 is 5.97 Å². The van der Waals surface area contributed by atoms with Gasteiger partial charge in [-0.05, 0) is 26.2 Å². The SMILES string of the molecule is C=CCCCCCCCCOC(=O)C(=C)C. The minimum atomic E-state index is -0.272. The summed E-state index contributed by atoms with van der Waals surface area (Å²) < 4.78 is 5.00. The van der Waals surface area contributed by atoms with Crippen LogP contribution in [0, 0.1) is 0 Å². The fourth-order valence-electron chi connectivity index (χ4n) is 1.39. The molecule has 0 amide bonds. The van der Waals surface area contributed by atoms with Crippen LogP contribution in [0.25, 0.3) is 0 Å². The highest BCUT2D eigenvalue weighted by atomic mass is 16.5. The zero-order valence-corrected chi connectivity index (χ0v) is 10.5. The van der Waals surface area contributed by atoms with E-state index in [1.807, 2.05) is 6.08 Å². The van der Waals surface area contributed by atoms with Crippen molar-refractivity contribution in [2.45, 2.75) is 51.9 Å². The maximum absolute atomic E-state index is 11.0. The number of hydrogen-bond donors (Lipinski definition) is 0. The van der Waals surface area contributed by atoms with Crippen LogP contribution in [-0.4, -0.2) is 12.6 Å². The van der Waals surface area contributed by atoms with Gasteiger partial charge in [0.15, 0.2) is 0 Å². The molecule has 0 aromatic carbocycles. The van der Waals surface area contributed by atoms with Gasteiger partial charge in [-0.15, -0.1) is 6.58 Å². The Kier molecular flexibility index (Phi) is 9.78. The first-order chi connectivity index (χ1) is 7.68. The van der Waals surface area contributed by atoms with Crippen LogP contribution in [0.3, 0.4) is 0 Å². The van der Waals surface area contributed by atoms with Crippen LogP contribution < -0.4 is 0 Å². The van der Waals surface area contributed by atoms with Gasteiger partial charge in [0.05, 0.1) is 6.61 Å². The summed E-state index contributed by atoms with van der Waals surface area (Å²) in [4.78, 5) is 11.0. The first-order valence-corrected chi connectivity index (χ1v) is 6.12. The Morgan fingerprint density at radius 2 is 1.69 bits per heavy atom. The van der Waals surface area contributed by atoms with Crippen LogP contribution in [0.4, 0.5) is 0 Å². The van der Waals surface area contributed by atoms with Crippen LogP contribution in [-0.2, 0) is 9.53 Å². The smallest absolute Gasteiger partial charge is 0.333 e. The molecule has 0 fully saturated rings. The van der Waals surface area contributed by atoms with Gasteiger partial charge in [0.25, 0.3) is 0 Å². The van der Waals surface area contributed by atoms with E-state index in [0.29, 0.717) is 12.2 Å². The molecule has 0 saturated carbocycles. The first kappa shape index (κ1) is 14.9. The molecule has 0 aliphatic heterocycles. The molecule has 0 spiro atoms. The lowest BCUT2D eigenvalue weighted by molar-refractivity contribution is -0.139. The molecule has 0 aromatic heterocycles. The Morgan fingerprint density at radius 3 is 2.25 bits per heavy atom. The molecule has 0 bridgehead atoms. The van der Waals surface area contributed by atoms with Gasteiger partial charge in [-0.1, -0.05) is 38.3 Å². The van der Waals surface area contributed by atoms with Crippen molar-refractivity contribution in [3.8, 4) is 0 Å². The quantitative estimate of drug-likeness (QED) is 0.242. The minimum Gasteiger partial charge on any atom is -0.462 e. The molecule has 0 N–H and O–H groups in total. The molecule has 0 radical (unpaired) electrons. The number of carbonyl (C=O) groups is 1. The Morgan fingerprint density at radius 1 is 1.12 bits per heavy atom. The predicted molar refractivity (Wildman–Crippen MR) is 68.3 cm³/mol. The van der Waals surface area contributed by atoms with E-state index in [9.17, 15) is 4.79 Å². The average Bonchev–Trinajstić information content (AvgIpc) is 2.26. The summed E-state index contributed by atoms with van der Waals surface area (Å²) in [5.41, 5.74) is 0.476. The highest BCUT2D eigenvalue weighted by molar-refractivity contribution is 5.86. The maximum Gasteiger partial charge on any atom is 0.333 e. The fourth-order valence-corrected chi connectivity index (χ4v) is 1.39. The second-order valence-corrected chi connectivity index (χ2v) is 4.11. The molecule has 0 aliphatic rings. The van der Waals surface area contributed by atoms with Crippen molar-refractivity contribution in [2.75, 3.05) is 6.61 Å². The van der Waals surface area contributed by atoms with Crippen molar-refractivity contribution in [3.05, 3.63) is 24.8 Å². The van der Waals surface area contributed by atoms with E-state index in [1.54, 1.807) is 6.92 Å². The Bertz CT molecular complexity index is 219. The number of carbonyl (C=O) groups excluding carboxylic acids is 1. The average molecular weight is 224 g/mol. The molecule has 0 unspecified atom stereocenters. The summed E-state index contributed by atoms with van der Waals surface area (Å²) in [6, 6.07) is 0. The number of ether oxygens (including phenoxy) is 1. The zero-order valence-electron chi connectivity index (χ0n) is 10.5. The highest BCUT2D eigenvalue weighted by Gasteiger charge is 2.01. The van der Waals surface area contributed by atoms with Crippen molar-refractivity contribution in [2.24, 2.45) is 0 Å². The molecule has 2 heteroatoms. The summed E-state index contributed by atoms with van der Waals surface area (Å²) in [7, 11) is 0. The Balaban J connectivity index is 3.12. The van der Waals surface area contributed by atoms with E-state index in [1.165, 1.54) is 25.7 Å². The van der Waals surface area contributed by atoms with E-state index in [2.05, 4.69) is 13.2 Å². The molecule has 16 heavy (non-hydrogen) atoms. The third kappa shape index (κ3) is 9.50. The number of esters is 1. The normalized spacial score (nSPS) is 9.81. The lowest BCUT2D eigenvalue weighted by Gasteiger charge is -2.04. The summed E-state index contributed by atoms with van der Waals surface area (Å²) in [6.45, 7) is 9.42. The van der Waals surface area contributed by atoms with Crippen molar-refractivity contribution in [3.63, 3.8) is 0 Å². The maximum atomic E-state index is 11.0. The second-order valence-electron chi connectivity index (χ2n) is 4.11. The molecule has 2 nitrogen and oxygen atoms in total. The third-order valence-electron chi connectivity index (χ3n) is 2.38. The van der Waals surface area contributed by atoms with Crippen LogP contribution in [0.5, 0.6) is 0 Å². The van der Waals surface area contributed by atoms with E-state index in [0.717, 1.165) is 19.3 Å². The molecule has 0 atom stereocenters. The lowest BCUT2D eigenvalue weighted by atomic mass is 10.1. The van der Waals surface area contributed by atoms with Crippen LogP contribution >= 0.6 is 0 Å². The van der Waals surface area contributed by atoms with E-state index < -0.39 is 0 Å². The molecule has 0 heterocycles. The standard InChI is InChI=1S/C14H24O2/c1-4-5-6-7-8-9-10-11-12-16-14(15)13(2)3/h4H,1-2,5-12H2,3H3. The molecular formula is C14H24O2. The summed E-state index contributed by atoms with van der Waals surface area (Å²) in [6.07, 6.45) is 10.2. The molecule has 0 rings (SSSR count). The van der Waals surface area contributed by atoms with E-state index in [-0.39, 0.29) is 5.97 Å². The number of hydrogen-bond acceptors (Lipinski definition) is 2. The Hall–Kier alpha value is -1.05. The third-order valence-corrected chi connectivity index (χ3v) is 2.38. The number of rotatable bonds is 10. The van der Waals surface area contributed by atoms with E-state index >= 15 is 0 Å². The Labute approximate surface area is 99.4 Å². The van der Waals surface area contributed by atoms with Gasteiger partial charge in [-0.3, -0.25) is 0 Å². The topological polar surface area (TPSA) is 26.3 Å². The van der Waals surface area contributed by atoms with Gasteiger partial charge in [0.1, 0.15) is 0 Å². The largest absolute Gasteiger partial charge is 0.462 e. The number of allylic oxidation sites excluding steroid dienone is 1. The van der Waals surface area contributed by atoms with Crippen LogP contribution in [0.1, 0.15) is 51.9 Å². The molecule has 0 aromatic rings. The monoisotopic (exact) mass is 224 g/mol. The zero-order chi connectivity index (χ0) is 12.2. The molecule has 0 aliphatic carbocycles.